The van der Waals surface area contributed by atoms with Crippen LogP contribution in [-0.4, -0.2) is 22.6 Å². The summed E-state index contributed by atoms with van der Waals surface area (Å²) >= 11 is 3.55. The van der Waals surface area contributed by atoms with E-state index >= 15 is 0 Å². The molecule has 1 aromatic rings. The van der Waals surface area contributed by atoms with Crippen molar-refractivity contribution in [3.05, 3.63) is 46.5 Å². The molecule has 0 N–H and O–H groups in total. The normalized spacial score (nSPS) is 13.2. The first-order chi connectivity index (χ1) is 10.3. The zero-order chi connectivity index (χ0) is 16.8. The van der Waals surface area contributed by atoms with Gasteiger partial charge < -0.3 is 4.74 Å². The lowest BCUT2D eigenvalue weighted by Crippen LogP contribution is -2.42. The van der Waals surface area contributed by atoms with E-state index in [1.54, 1.807) is 4.90 Å². The second-order valence-corrected chi connectivity index (χ2v) is 7.06. The van der Waals surface area contributed by atoms with Gasteiger partial charge in [0.25, 0.3) is 0 Å². The highest BCUT2D eigenvalue weighted by atomic mass is 79.9. The third kappa shape index (κ3) is 5.84. The molecule has 1 aromatic carbocycles. The Balaban J connectivity index is 3.05. The lowest BCUT2D eigenvalue weighted by Gasteiger charge is -2.32. The molecule has 0 spiro atoms. The average Bonchev–Trinajstić information content (AvgIpc) is 2.42. The molecule has 122 valence electrons. The van der Waals surface area contributed by atoms with Gasteiger partial charge in [-0.25, -0.2) is 4.79 Å². The minimum absolute atomic E-state index is 0.0203. The second-order valence-electron chi connectivity index (χ2n) is 6.20. The lowest BCUT2D eigenvalue weighted by molar-refractivity contribution is 0.0176. The number of carbonyl (C=O) groups is 1. The predicted molar refractivity (Wildman–Crippen MR) is 94.8 cm³/mol. The number of ether oxygens (including phenoxy) is 1. The van der Waals surface area contributed by atoms with E-state index in [1.807, 2.05) is 64.1 Å². The summed E-state index contributed by atoms with van der Waals surface area (Å²) in [6.45, 7) is 10.2. The fourth-order valence-electron chi connectivity index (χ4n) is 2.13. The third-order valence-corrected chi connectivity index (χ3v) is 3.93. The summed E-state index contributed by atoms with van der Waals surface area (Å²) in [6.07, 6.45) is 4.58. The number of rotatable bonds is 5. The molecule has 0 aromatic heterocycles. The number of hydrogen-bond acceptors (Lipinski definition) is 2. The standard InChI is InChI=1S/C18H26BrNO2/c1-6-10-15(7-2)20(17(21)22-18(3,4)5)13-14-11-8-9-12-16(14)19/h6,8-12,15H,7,13H2,1-5H3/b10-6-/t15-/m0/s1. The van der Waals surface area contributed by atoms with E-state index in [0.29, 0.717) is 6.54 Å². The van der Waals surface area contributed by atoms with E-state index in [2.05, 4.69) is 22.9 Å². The molecule has 0 heterocycles. The SMILES string of the molecule is C/C=C\[C@H](CC)N(Cc1ccccc1Br)C(=O)OC(C)(C)C. The maximum atomic E-state index is 12.6. The van der Waals surface area contributed by atoms with E-state index in [0.717, 1.165) is 16.5 Å². The Morgan fingerprint density at radius 1 is 1.36 bits per heavy atom. The quantitative estimate of drug-likeness (QED) is 0.639. The number of benzene rings is 1. The Morgan fingerprint density at radius 2 is 2.00 bits per heavy atom. The molecule has 0 radical (unpaired) electrons. The van der Waals surface area contributed by atoms with Crippen LogP contribution in [0.25, 0.3) is 0 Å². The number of hydrogen-bond donors (Lipinski definition) is 0. The van der Waals surface area contributed by atoms with Crippen molar-refractivity contribution in [3.63, 3.8) is 0 Å². The van der Waals surface area contributed by atoms with Crippen LogP contribution in [0, 0.1) is 0 Å². The van der Waals surface area contributed by atoms with Crippen molar-refractivity contribution in [2.24, 2.45) is 0 Å². The lowest BCUT2D eigenvalue weighted by atomic mass is 10.1. The van der Waals surface area contributed by atoms with Gasteiger partial charge in [-0.3, -0.25) is 4.90 Å². The number of amides is 1. The number of halogens is 1. The molecule has 0 saturated heterocycles. The van der Waals surface area contributed by atoms with Crippen molar-refractivity contribution in [3.8, 4) is 0 Å². The van der Waals surface area contributed by atoms with E-state index in [-0.39, 0.29) is 12.1 Å². The minimum Gasteiger partial charge on any atom is -0.444 e. The molecule has 0 fully saturated rings. The van der Waals surface area contributed by atoms with Crippen LogP contribution in [0.15, 0.2) is 40.9 Å². The van der Waals surface area contributed by atoms with Gasteiger partial charge >= 0.3 is 6.09 Å². The van der Waals surface area contributed by atoms with Crippen molar-refractivity contribution >= 4 is 22.0 Å². The smallest absolute Gasteiger partial charge is 0.411 e. The first-order valence-electron chi connectivity index (χ1n) is 7.64. The molecule has 1 atom stereocenters. The number of allylic oxidation sites excluding steroid dienone is 1. The van der Waals surface area contributed by atoms with Gasteiger partial charge in [-0.05, 0) is 45.7 Å². The summed E-state index contributed by atoms with van der Waals surface area (Å²) in [7, 11) is 0. The third-order valence-electron chi connectivity index (χ3n) is 3.16. The van der Waals surface area contributed by atoms with Gasteiger partial charge in [0.15, 0.2) is 0 Å². The van der Waals surface area contributed by atoms with Crippen molar-refractivity contribution in [2.45, 2.75) is 59.2 Å². The molecule has 0 aliphatic carbocycles. The van der Waals surface area contributed by atoms with Crippen molar-refractivity contribution in [1.29, 1.82) is 0 Å². The van der Waals surface area contributed by atoms with Crippen LogP contribution in [0.5, 0.6) is 0 Å². The number of carbonyl (C=O) groups excluding carboxylic acids is 1. The predicted octanol–water partition coefficient (Wildman–Crippen LogP) is 5.54. The molecular weight excluding hydrogens is 342 g/mol. The van der Waals surface area contributed by atoms with E-state index < -0.39 is 5.60 Å². The van der Waals surface area contributed by atoms with Crippen molar-refractivity contribution in [1.82, 2.24) is 4.90 Å². The highest BCUT2D eigenvalue weighted by molar-refractivity contribution is 9.10. The Kier molecular flexibility index (Phi) is 7.14. The first-order valence-corrected chi connectivity index (χ1v) is 8.43. The molecule has 0 saturated carbocycles. The van der Waals surface area contributed by atoms with Crippen LogP contribution >= 0.6 is 15.9 Å². The van der Waals surface area contributed by atoms with Crippen LogP contribution in [0.4, 0.5) is 4.79 Å². The monoisotopic (exact) mass is 367 g/mol. The van der Waals surface area contributed by atoms with Crippen LogP contribution in [-0.2, 0) is 11.3 Å². The first kappa shape index (κ1) is 18.8. The summed E-state index contributed by atoms with van der Waals surface area (Å²) in [4.78, 5) is 14.4. The van der Waals surface area contributed by atoms with Gasteiger partial charge in [-0.1, -0.05) is 53.2 Å². The minimum atomic E-state index is -0.503. The average molecular weight is 368 g/mol. The molecule has 3 nitrogen and oxygen atoms in total. The van der Waals surface area contributed by atoms with E-state index in [9.17, 15) is 4.79 Å². The molecule has 0 aliphatic rings. The van der Waals surface area contributed by atoms with Crippen LogP contribution < -0.4 is 0 Å². The maximum absolute atomic E-state index is 12.6. The van der Waals surface area contributed by atoms with Gasteiger partial charge in [-0.2, -0.15) is 0 Å². The maximum Gasteiger partial charge on any atom is 0.411 e. The summed E-state index contributed by atoms with van der Waals surface area (Å²) in [5.41, 5.74) is 0.564. The van der Waals surface area contributed by atoms with E-state index in [4.69, 9.17) is 4.74 Å². The highest BCUT2D eigenvalue weighted by Crippen LogP contribution is 2.22. The fourth-order valence-corrected chi connectivity index (χ4v) is 2.54. The second kappa shape index (κ2) is 8.37. The van der Waals surface area contributed by atoms with Gasteiger partial charge in [-0.15, -0.1) is 0 Å². The summed E-state index contributed by atoms with van der Waals surface area (Å²) in [5.74, 6) is 0. The Morgan fingerprint density at radius 3 is 2.50 bits per heavy atom. The van der Waals surface area contributed by atoms with Crippen LogP contribution in [0.3, 0.4) is 0 Å². The molecular formula is C18H26BrNO2. The molecule has 0 aliphatic heterocycles. The fraction of sp³-hybridized carbons (Fsp3) is 0.500. The Bertz CT molecular complexity index is 520. The zero-order valence-electron chi connectivity index (χ0n) is 14.1. The highest BCUT2D eigenvalue weighted by Gasteiger charge is 2.26. The zero-order valence-corrected chi connectivity index (χ0v) is 15.7. The van der Waals surface area contributed by atoms with Gasteiger partial charge in [0.2, 0.25) is 0 Å². The van der Waals surface area contributed by atoms with Gasteiger partial charge in [0, 0.05) is 4.47 Å². The summed E-state index contributed by atoms with van der Waals surface area (Å²) in [6, 6.07) is 7.97. The summed E-state index contributed by atoms with van der Waals surface area (Å²) in [5, 5.41) is 0. The van der Waals surface area contributed by atoms with Crippen molar-refractivity contribution < 1.29 is 9.53 Å². The molecule has 22 heavy (non-hydrogen) atoms. The van der Waals surface area contributed by atoms with Gasteiger partial charge in [0.1, 0.15) is 5.60 Å². The largest absolute Gasteiger partial charge is 0.444 e. The number of nitrogens with zero attached hydrogens (tertiary/aromatic N) is 1. The summed E-state index contributed by atoms with van der Waals surface area (Å²) < 4.78 is 6.58. The molecule has 0 bridgehead atoms. The van der Waals surface area contributed by atoms with Gasteiger partial charge in [0.05, 0.1) is 12.6 Å². The Hall–Kier alpha value is -1.29. The Labute approximate surface area is 142 Å². The molecule has 1 amide bonds. The van der Waals surface area contributed by atoms with E-state index in [1.165, 1.54) is 0 Å². The molecule has 0 unspecified atom stereocenters. The molecule has 4 heteroatoms. The van der Waals surface area contributed by atoms with Crippen LogP contribution in [0.1, 0.15) is 46.6 Å². The molecule has 1 rings (SSSR count). The topological polar surface area (TPSA) is 29.5 Å². The van der Waals surface area contributed by atoms with Crippen LogP contribution in [0.2, 0.25) is 0 Å². The van der Waals surface area contributed by atoms with Crippen molar-refractivity contribution in [2.75, 3.05) is 0 Å².